The molecule has 0 atom stereocenters. The zero-order valence-electron chi connectivity index (χ0n) is 3.05. The first kappa shape index (κ1) is 16.2. The number of azide groups is 1. The molecule has 0 heterocycles. The Labute approximate surface area is 45.0 Å². The molecular weight excluding hydrogens is 90.1 g/mol. The Morgan fingerprint density at radius 1 is 1.57 bits per heavy atom. The highest BCUT2D eigenvalue weighted by atomic mass is 15.1. The third kappa shape index (κ3) is 33.9. The average molecular weight is 103 g/mol. The van der Waals surface area contributed by atoms with Gasteiger partial charge in [0, 0.05) is 11.5 Å². The molecule has 0 amide bonds. The van der Waals surface area contributed by atoms with Crippen LogP contribution in [0.3, 0.4) is 0 Å². The van der Waals surface area contributed by atoms with Crippen LogP contribution in [0.5, 0.6) is 0 Å². The Morgan fingerprint density at radius 2 is 2.00 bits per heavy atom. The Bertz CT molecular complexity index is 54.0. The molecule has 0 aromatic rings. The second-order valence-corrected chi connectivity index (χ2v) is 0.547. The summed E-state index contributed by atoms with van der Waals surface area (Å²) in [5, 5.41) is 3.15. The van der Waals surface area contributed by atoms with E-state index < -0.39 is 0 Å². The molecule has 0 saturated heterocycles. The lowest BCUT2D eigenvalue weighted by molar-refractivity contribution is 1.11. The molecule has 0 aliphatic rings. The Balaban J connectivity index is -0.0000000800. The van der Waals surface area contributed by atoms with Crippen molar-refractivity contribution in [1.29, 1.82) is 0 Å². The van der Waals surface area contributed by atoms with Crippen molar-refractivity contribution in [2.45, 2.75) is 21.8 Å². The van der Waals surface area contributed by atoms with Crippen LogP contribution in [0, 0.1) is 0 Å². The molecule has 0 radical (unpaired) electrons. The SMILES string of the molecule is C.C.CCN=[N+]=[N-]. The van der Waals surface area contributed by atoms with Crippen molar-refractivity contribution < 1.29 is 0 Å². The minimum absolute atomic E-state index is 0. The lowest BCUT2D eigenvalue weighted by atomic mass is 10.8. The second kappa shape index (κ2) is 18.5. The molecule has 0 fully saturated rings. The minimum Gasteiger partial charge on any atom is -0.0943 e. The van der Waals surface area contributed by atoms with Crippen molar-refractivity contribution in [3.05, 3.63) is 10.4 Å². The van der Waals surface area contributed by atoms with Gasteiger partial charge in [-0.25, -0.2) is 0 Å². The van der Waals surface area contributed by atoms with Gasteiger partial charge in [0.15, 0.2) is 0 Å². The minimum atomic E-state index is 0. The fourth-order valence-electron chi connectivity index (χ4n) is 0.0632. The third-order valence-electron chi connectivity index (χ3n) is 0.205. The van der Waals surface area contributed by atoms with Crippen LogP contribution in [0.1, 0.15) is 21.8 Å². The van der Waals surface area contributed by atoms with Crippen molar-refractivity contribution in [2.24, 2.45) is 5.11 Å². The fourth-order valence-corrected chi connectivity index (χ4v) is 0.0632. The monoisotopic (exact) mass is 103 g/mol. The summed E-state index contributed by atoms with van der Waals surface area (Å²) in [5.41, 5.74) is 7.52. The smallest absolute Gasteiger partial charge is 0.0229 e. The molecule has 0 aromatic heterocycles. The second-order valence-electron chi connectivity index (χ2n) is 0.547. The van der Waals surface area contributed by atoms with E-state index in [1.165, 1.54) is 0 Å². The van der Waals surface area contributed by atoms with Gasteiger partial charge in [-0.15, -0.1) is 0 Å². The van der Waals surface area contributed by atoms with E-state index >= 15 is 0 Å². The van der Waals surface area contributed by atoms with Gasteiger partial charge in [-0.2, -0.15) is 0 Å². The van der Waals surface area contributed by atoms with Gasteiger partial charge in [0.25, 0.3) is 0 Å². The van der Waals surface area contributed by atoms with Crippen LogP contribution < -0.4 is 0 Å². The van der Waals surface area contributed by atoms with Crippen molar-refractivity contribution in [2.75, 3.05) is 6.54 Å². The molecule has 0 bridgehead atoms. The number of nitrogens with zero attached hydrogens (tertiary/aromatic N) is 3. The molecule has 0 unspecified atom stereocenters. The first-order valence-electron chi connectivity index (χ1n) is 1.42. The normalized spacial score (nSPS) is 4.14. The van der Waals surface area contributed by atoms with Crippen LogP contribution in [-0.2, 0) is 0 Å². The van der Waals surface area contributed by atoms with Gasteiger partial charge in [0.1, 0.15) is 0 Å². The average Bonchev–Trinajstić information content (AvgIpc) is 1.41. The third-order valence-corrected chi connectivity index (χ3v) is 0.205. The van der Waals surface area contributed by atoms with E-state index in [4.69, 9.17) is 5.53 Å². The molecule has 0 aromatic carbocycles. The van der Waals surface area contributed by atoms with Crippen molar-refractivity contribution in [3.8, 4) is 0 Å². The molecule has 3 heteroatoms. The Morgan fingerprint density at radius 3 is 2.00 bits per heavy atom. The summed E-state index contributed by atoms with van der Waals surface area (Å²) in [7, 11) is 0. The summed E-state index contributed by atoms with van der Waals surface area (Å²) < 4.78 is 0. The van der Waals surface area contributed by atoms with Crippen molar-refractivity contribution in [1.82, 2.24) is 0 Å². The largest absolute Gasteiger partial charge is 0.0943 e. The first-order chi connectivity index (χ1) is 2.41. The van der Waals surface area contributed by atoms with Gasteiger partial charge in [-0.3, -0.25) is 0 Å². The lowest BCUT2D eigenvalue weighted by Gasteiger charge is -1.57. The van der Waals surface area contributed by atoms with E-state index in [9.17, 15) is 0 Å². The van der Waals surface area contributed by atoms with E-state index in [0.29, 0.717) is 6.54 Å². The number of rotatable bonds is 1. The summed E-state index contributed by atoms with van der Waals surface area (Å²) in [4.78, 5) is 2.48. The van der Waals surface area contributed by atoms with Gasteiger partial charge in [-0.1, -0.05) is 26.9 Å². The molecule has 0 spiro atoms. The summed E-state index contributed by atoms with van der Waals surface area (Å²) >= 11 is 0. The molecule has 0 N–H and O–H groups in total. The van der Waals surface area contributed by atoms with Crippen LogP contribution >= 0.6 is 0 Å². The molecule has 44 valence electrons. The van der Waals surface area contributed by atoms with Gasteiger partial charge < -0.3 is 0 Å². The quantitative estimate of drug-likeness (QED) is 0.278. The summed E-state index contributed by atoms with van der Waals surface area (Å²) in [6.45, 7) is 2.34. The molecule has 0 aliphatic carbocycles. The van der Waals surface area contributed by atoms with E-state index in [1.54, 1.807) is 6.92 Å². The standard InChI is InChI=1S/C2H5N3.2CH4/c1-2-4-5-3;;/h2H2,1H3;2*1H4. The highest BCUT2D eigenvalue weighted by molar-refractivity contribution is 4.36. The number of hydrogen-bond donors (Lipinski definition) is 0. The maximum Gasteiger partial charge on any atom is 0.0229 e. The van der Waals surface area contributed by atoms with E-state index in [1.807, 2.05) is 0 Å². The molecule has 7 heavy (non-hydrogen) atoms. The highest BCUT2D eigenvalue weighted by Gasteiger charge is 1.51. The summed E-state index contributed by atoms with van der Waals surface area (Å²) in [5.74, 6) is 0. The van der Waals surface area contributed by atoms with Crippen LogP contribution in [0.15, 0.2) is 5.11 Å². The van der Waals surface area contributed by atoms with Gasteiger partial charge in [0.05, 0.1) is 0 Å². The van der Waals surface area contributed by atoms with Gasteiger partial charge in [0.2, 0.25) is 0 Å². The Hall–Kier alpha value is -0.690. The molecule has 3 nitrogen and oxygen atoms in total. The summed E-state index contributed by atoms with van der Waals surface area (Å²) in [6, 6.07) is 0. The van der Waals surface area contributed by atoms with E-state index in [0.717, 1.165) is 0 Å². The lowest BCUT2D eigenvalue weighted by Crippen LogP contribution is -1.52. The van der Waals surface area contributed by atoms with E-state index in [-0.39, 0.29) is 14.9 Å². The predicted molar refractivity (Wildman–Crippen MR) is 33.1 cm³/mol. The zero-order chi connectivity index (χ0) is 4.12. The topological polar surface area (TPSA) is 48.8 Å². The maximum atomic E-state index is 7.52. The fraction of sp³-hybridized carbons (Fsp3) is 1.00. The number of hydrogen-bond acceptors (Lipinski definition) is 1. The molecule has 0 aliphatic heterocycles. The van der Waals surface area contributed by atoms with E-state index in [2.05, 4.69) is 10.0 Å². The van der Waals surface area contributed by atoms with Gasteiger partial charge >= 0.3 is 0 Å². The van der Waals surface area contributed by atoms with Gasteiger partial charge in [-0.05, 0) is 5.53 Å². The predicted octanol–water partition coefficient (Wildman–Crippen LogP) is 2.59. The van der Waals surface area contributed by atoms with Crippen LogP contribution in [0.25, 0.3) is 10.4 Å². The van der Waals surface area contributed by atoms with Crippen LogP contribution in [0.2, 0.25) is 0 Å². The van der Waals surface area contributed by atoms with Crippen molar-refractivity contribution in [3.63, 3.8) is 0 Å². The molecule has 0 saturated carbocycles. The molecular formula is C4H13N3. The van der Waals surface area contributed by atoms with Crippen LogP contribution in [-0.4, -0.2) is 6.54 Å². The first-order valence-corrected chi connectivity index (χ1v) is 1.42. The Kier molecular flexibility index (Phi) is 42.9. The summed E-state index contributed by atoms with van der Waals surface area (Å²) in [6.07, 6.45) is 0. The van der Waals surface area contributed by atoms with Crippen molar-refractivity contribution >= 4 is 0 Å². The zero-order valence-corrected chi connectivity index (χ0v) is 3.05. The molecule has 0 rings (SSSR count). The maximum absolute atomic E-state index is 7.52. The van der Waals surface area contributed by atoms with Crippen LogP contribution in [0.4, 0.5) is 0 Å². The highest BCUT2D eigenvalue weighted by Crippen LogP contribution is 1.61.